The fourth-order valence-electron chi connectivity index (χ4n) is 2.28. The van der Waals surface area contributed by atoms with Gasteiger partial charge in [-0.3, -0.25) is 9.59 Å². The Balaban J connectivity index is 1.57. The molecule has 6 nitrogen and oxygen atoms in total. The molecule has 1 aromatic carbocycles. The van der Waals surface area contributed by atoms with Crippen LogP contribution >= 0.6 is 11.6 Å². The maximum Gasteiger partial charge on any atom is 0.291 e. The quantitative estimate of drug-likeness (QED) is 0.771. The van der Waals surface area contributed by atoms with Gasteiger partial charge in [-0.1, -0.05) is 23.7 Å². The molecule has 0 spiro atoms. The van der Waals surface area contributed by atoms with E-state index in [0.717, 1.165) is 10.2 Å². The van der Waals surface area contributed by atoms with Gasteiger partial charge in [0.05, 0.1) is 0 Å². The van der Waals surface area contributed by atoms with E-state index in [1.54, 1.807) is 22.7 Å². The molecule has 23 heavy (non-hydrogen) atoms. The number of fused-ring (bicyclic) bond motifs is 1. The van der Waals surface area contributed by atoms with E-state index in [1.165, 1.54) is 6.33 Å². The molecule has 0 aliphatic rings. The van der Waals surface area contributed by atoms with Gasteiger partial charge in [-0.25, -0.2) is 4.68 Å². The van der Waals surface area contributed by atoms with Crippen LogP contribution in [0.15, 0.2) is 53.7 Å². The molecule has 3 rings (SSSR count). The van der Waals surface area contributed by atoms with Gasteiger partial charge in [0.15, 0.2) is 0 Å². The lowest BCUT2D eigenvalue weighted by Crippen LogP contribution is -2.35. The highest BCUT2D eigenvalue weighted by Gasteiger charge is 2.08. The number of nitrogens with one attached hydrogen (secondary N) is 1. The molecule has 1 N–H and O–H groups in total. The average Bonchev–Trinajstić information content (AvgIpc) is 3.01. The minimum atomic E-state index is -0.287. The first kappa shape index (κ1) is 15.3. The maximum absolute atomic E-state index is 12.1. The van der Waals surface area contributed by atoms with Crippen molar-refractivity contribution in [2.45, 2.75) is 13.0 Å². The van der Waals surface area contributed by atoms with Crippen molar-refractivity contribution in [3.63, 3.8) is 0 Å². The number of hydrogen-bond acceptors (Lipinski definition) is 3. The molecule has 0 aliphatic carbocycles. The number of carbonyl (C=O) groups excluding carboxylic acids is 1. The van der Waals surface area contributed by atoms with Crippen LogP contribution in [0.1, 0.15) is 5.56 Å². The summed E-state index contributed by atoms with van der Waals surface area (Å²) in [6, 6.07) is 10.9. The summed E-state index contributed by atoms with van der Waals surface area (Å²) in [6.45, 7) is 0.393. The summed E-state index contributed by atoms with van der Waals surface area (Å²) in [6.07, 6.45) is 3.95. The lowest BCUT2D eigenvalue weighted by Gasteiger charge is -2.07. The molecule has 0 aliphatic heterocycles. The monoisotopic (exact) mass is 330 g/mol. The van der Waals surface area contributed by atoms with Gasteiger partial charge < -0.3 is 9.72 Å². The van der Waals surface area contributed by atoms with Gasteiger partial charge >= 0.3 is 0 Å². The summed E-state index contributed by atoms with van der Waals surface area (Å²) in [7, 11) is 0. The van der Waals surface area contributed by atoms with Crippen molar-refractivity contribution >= 4 is 23.0 Å². The lowest BCUT2D eigenvalue weighted by molar-refractivity contribution is -0.121. The molecule has 0 saturated heterocycles. The Morgan fingerprint density at radius 3 is 2.78 bits per heavy atom. The van der Waals surface area contributed by atoms with Gasteiger partial charge in [0.1, 0.15) is 18.4 Å². The Morgan fingerprint density at radius 2 is 2.00 bits per heavy atom. The summed E-state index contributed by atoms with van der Waals surface area (Å²) in [4.78, 5) is 24.1. The van der Waals surface area contributed by atoms with Crippen molar-refractivity contribution < 1.29 is 4.79 Å². The van der Waals surface area contributed by atoms with Crippen LogP contribution in [0.3, 0.4) is 0 Å². The van der Waals surface area contributed by atoms with E-state index in [-0.39, 0.29) is 18.0 Å². The highest BCUT2D eigenvalue weighted by molar-refractivity contribution is 6.30. The second-order valence-electron chi connectivity index (χ2n) is 5.12. The van der Waals surface area contributed by atoms with E-state index in [0.29, 0.717) is 23.5 Å². The average molecular weight is 331 g/mol. The fraction of sp³-hybridized carbons (Fsp3) is 0.188. The molecule has 1 amide bonds. The van der Waals surface area contributed by atoms with E-state index < -0.39 is 0 Å². The fourth-order valence-corrected chi connectivity index (χ4v) is 2.41. The maximum atomic E-state index is 12.1. The first-order valence-electron chi connectivity index (χ1n) is 7.17. The van der Waals surface area contributed by atoms with Crippen molar-refractivity contribution in [2.75, 3.05) is 6.54 Å². The Bertz CT molecular complexity index is 883. The predicted octanol–water partition coefficient (Wildman–Crippen LogP) is 1.51. The zero-order valence-electron chi connectivity index (χ0n) is 12.3. The van der Waals surface area contributed by atoms with Crippen molar-refractivity contribution in [1.82, 2.24) is 19.5 Å². The minimum absolute atomic E-state index is 0.0961. The third-order valence-electron chi connectivity index (χ3n) is 3.49. The SMILES string of the molecule is O=C(Cn1ncn2cccc2c1=O)NCCc1ccc(Cl)cc1. The molecule has 0 bridgehead atoms. The first-order chi connectivity index (χ1) is 11.1. The van der Waals surface area contributed by atoms with Gasteiger partial charge in [0.2, 0.25) is 5.91 Å². The molecule has 7 heteroatoms. The van der Waals surface area contributed by atoms with Crippen molar-refractivity contribution in [2.24, 2.45) is 0 Å². The van der Waals surface area contributed by atoms with Crippen LogP contribution < -0.4 is 10.9 Å². The van der Waals surface area contributed by atoms with Crippen LogP contribution in [0.4, 0.5) is 0 Å². The van der Waals surface area contributed by atoms with Crippen LogP contribution in [-0.4, -0.2) is 26.6 Å². The second kappa shape index (κ2) is 6.66. The van der Waals surface area contributed by atoms with Gasteiger partial charge in [0, 0.05) is 17.8 Å². The van der Waals surface area contributed by atoms with Crippen LogP contribution in [-0.2, 0) is 17.8 Å². The van der Waals surface area contributed by atoms with E-state index >= 15 is 0 Å². The van der Waals surface area contributed by atoms with Crippen LogP contribution in [0, 0.1) is 0 Å². The number of halogens is 1. The van der Waals surface area contributed by atoms with Crippen molar-refractivity contribution in [3.8, 4) is 0 Å². The highest BCUT2D eigenvalue weighted by atomic mass is 35.5. The van der Waals surface area contributed by atoms with Crippen LogP contribution in [0.5, 0.6) is 0 Å². The molecule has 0 fully saturated rings. The van der Waals surface area contributed by atoms with Crippen LogP contribution in [0.2, 0.25) is 5.02 Å². The number of benzene rings is 1. The number of hydrogen-bond donors (Lipinski definition) is 1. The molecule has 0 radical (unpaired) electrons. The van der Waals surface area contributed by atoms with E-state index in [1.807, 2.05) is 24.3 Å². The molecule has 0 atom stereocenters. The van der Waals surface area contributed by atoms with E-state index in [4.69, 9.17) is 11.6 Å². The number of rotatable bonds is 5. The normalized spacial score (nSPS) is 10.8. The molecular weight excluding hydrogens is 316 g/mol. The van der Waals surface area contributed by atoms with Gasteiger partial charge in [0.25, 0.3) is 5.56 Å². The number of amides is 1. The molecule has 118 valence electrons. The predicted molar refractivity (Wildman–Crippen MR) is 87.6 cm³/mol. The summed E-state index contributed by atoms with van der Waals surface area (Å²) in [5.74, 6) is -0.246. The van der Waals surface area contributed by atoms with Crippen molar-refractivity contribution in [3.05, 3.63) is 69.9 Å². The molecule has 2 aromatic heterocycles. The zero-order chi connectivity index (χ0) is 16.2. The smallest absolute Gasteiger partial charge is 0.291 e. The summed E-state index contributed by atoms with van der Waals surface area (Å²) in [5.41, 5.74) is 1.29. The van der Waals surface area contributed by atoms with Crippen LogP contribution in [0.25, 0.3) is 5.52 Å². The third-order valence-corrected chi connectivity index (χ3v) is 3.74. The zero-order valence-corrected chi connectivity index (χ0v) is 13.0. The Kier molecular flexibility index (Phi) is 4.43. The highest BCUT2D eigenvalue weighted by Crippen LogP contribution is 2.09. The lowest BCUT2D eigenvalue weighted by atomic mass is 10.1. The molecule has 0 saturated carbocycles. The summed E-state index contributed by atoms with van der Waals surface area (Å²) < 4.78 is 2.78. The van der Waals surface area contributed by atoms with Gasteiger partial charge in [-0.15, -0.1) is 0 Å². The topological polar surface area (TPSA) is 68.4 Å². The Morgan fingerprint density at radius 1 is 1.22 bits per heavy atom. The van der Waals surface area contributed by atoms with Gasteiger partial charge in [-0.2, -0.15) is 5.10 Å². The second-order valence-corrected chi connectivity index (χ2v) is 5.56. The molecule has 2 heterocycles. The Labute approximate surface area is 137 Å². The number of nitrogens with zero attached hydrogens (tertiary/aromatic N) is 3. The first-order valence-corrected chi connectivity index (χ1v) is 7.55. The van der Waals surface area contributed by atoms with E-state index in [9.17, 15) is 9.59 Å². The molecule has 0 unspecified atom stereocenters. The number of aromatic nitrogens is 3. The molecular formula is C16H15ClN4O2. The van der Waals surface area contributed by atoms with Gasteiger partial charge in [-0.05, 0) is 36.2 Å². The minimum Gasteiger partial charge on any atom is -0.354 e. The molecule has 3 aromatic rings. The number of carbonyl (C=O) groups is 1. The summed E-state index contributed by atoms with van der Waals surface area (Å²) >= 11 is 5.82. The standard InChI is InChI=1S/C16H15ClN4O2/c17-13-5-3-12(4-6-13)7-8-18-15(22)10-21-16(23)14-2-1-9-20(14)11-19-21/h1-6,9,11H,7-8,10H2,(H,18,22). The largest absolute Gasteiger partial charge is 0.354 e. The van der Waals surface area contributed by atoms with Crippen molar-refractivity contribution in [1.29, 1.82) is 0 Å². The van der Waals surface area contributed by atoms with E-state index in [2.05, 4.69) is 10.4 Å². The summed E-state index contributed by atoms with van der Waals surface area (Å²) in [5, 5.41) is 7.46. The Hall–Kier alpha value is -2.60. The third kappa shape index (κ3) is 3.60.